The lowest BCUT2D eigenvalue weighted by atomic mass is 10.1. The smallest absolute Gasteiger partial charge is 0.140 e. The first-order valence-corrected chi connectivity index (χ1v) is 6.19. The number of hydrogen-bond acceptors (Lipinski definition) is 3. The Morgan fingerprint density at radius 1 is 1.11 bits per heavy atom. The number of aromatic nitrogens is 2. The Labute approximate surface area is 111 Å². The Morgan fingerprint density at radius 2 is 1.84 bits per heavy atom. The molecule has 1 heterocycles. The molecular weight excluding hydrogens is 236 g/mol. The van der Waals surface area contributed by atoms with Crippen LogP contribution in [0.4, 0.5) is 5.69 Å². The maximum atomic E-state index is 5.45. The lowest BCUT2D eigenvalue weighted by molar-refractivity contribution is 0.959. The Kier molecular flexibility index (Phi) is 2.72. The van der Waals surface area contributed by atoms with Crippen LogP contribution in [0.1, 0.15) is 5.56 Å². The second-order valence-corrected chi connectivity index (χ2v) is 4.71. The third-order valence-electron chi connectivity index (χ3n) is 3.36. The van der Waals surface area contributed by atoms with Gasteiger partial charge in [0.2, 0.25) is 0 Å². The van der Waals surface area contributed by atoms with Crippen LogP contribution in [0.5, 0.6) is 0 Å². The highest BCUT2D eigenvalue weighted by Crippen LogP contribution is 2.25. The van der Waals surface area contributed by atoms with Gasteiger partial charge in [-0.1, -0.05) is 29.8 Å². The van der Waals surface area contributed by atoms with Crippen LogP contribution in [-0.2, 0) is 7.05 Å². The molecule has 96 valence electrons. The van der Waals surface area contributed by atoms with Crippen molar-refractivity contribution in [2.75, 3.05) is 5.43 Å². The van der Waals surface area contributed by atoms with Gasteiger partial charge in [-0.25, -0.2) is 4.98 Å². The molecule has 0 radical (unpaired) electrons. The number of anilines is 1. The minimum Gasteiger partial charge on any atom is -0.327 e. The number of nitrogens with two attached hydrogens (primary N) is 1. The third kappa shape index (κ3) is 1.96. The SMILES string of the molecule is Cc1ccc(-c2nc3ccc(NN)cc3n2C)cc1. The highest BCUT2D eigenvalue weighted by atomic mass is 15.2. The van der Waals surface area contributed by atoms with Crippen molar-refractivity contribution in [2.45, 2.75) is 6.92 Å². The molecule has 3 aromatic rings. The van der Waals surface area contributed by atoms with Crippen LogP contribution in [0.15, 0.2) is 42.5 Å². The number of hydrazine groups is 1. The number of benzene rings is 2. The van der Waals surface area contributed by atoms with Gasteiger partial charge in [-0.15, -0.1) is 0 Å². The Hall–Kier alpha value is -2.33. The molecule has 4 nitrogen and oxygen atoms in total. The number of nitrogen functional groups attached to an aromatic ring is 1. The molecule has 0 aliphatic carbocycles. The van der Waals surface area contributed by atoms with Gasteiger partial charge in [0, 0.05) is 12.6 Å². The molecule has 0 fully saturated rings. The fourth-order valence-electron chi connectivity index (χ4n) is 2.24. The Bertz CT molecular complexity index is 726. The van der Waals surface area contributed by atoms with E-state index in [1.165, 1.54) is 5.56 Å². The molecule has 0 aliphatic heterocycles. The minimum atomic E-state index is 0.881. The molecule has 0 bridgehead atoms. The van der Waals surface area contributed by atoms with E-state index in [9.17, 15) is 0 Å². The van der Waals surface area contributed by atoms with Crippen molar-refractivity contribution < 1.29 is 0 Å². The zero-order valence-corrected chi connectivity index (χ0v) is 11.0. The second-order valence-electron chi connectivity index (χ2n) is 4.71. The lowest BCUT2D eigenvalue weighted by Gasteiger charge is -2.03. The van der Waals surface area contributed by atoms with Crippen molar-refractivity contribution in [3.05, 3.63) is 48.0 Å². The van der Waals surface area contributed by atoms with Gasteiger partial charge in [-0.3, -0.25) is 5.84 Å². The summed E-state index contributed by atoms with van der Waals surface area (Å²) < 4.78 is 2.08. The molecule has 2 aromatic carbocycles. The minimum absolute atomic E-state index is 0.881. The van der Waals surface area contributed by atoms with Crippen LogP contribution in [0, 0.1) is 6.92 Å². The predicted molar refractivity (Wildman–Crippen MR) is 78.7 cm³/mol. The Balaban J connectivity index is 2.19. The summed E-state index contributed by atoms with van der Waals surface area (Å²) in [5, 5.41) is 0. The van der Waals surface area contributed by atoms with Crippen LogP contribution >= 0.6 is 0 Å². The van der Waals surface area contributed by atoms with E-state index in [0.717, 1.165) is 28.1 Å². The summed E-state index contributed by atoms with van der Waals surface area (Å²) in [7, 11) is 2.02. The molecule has 0 unspecified atom stereocenters. The lowest BCUT2D eigenvalue weighted by Crippen LogP contribution is -2.06. The van der Waals surface area contributed by atoms with Crippen LogP contribution < -0.4 is 11.3 Å². The van der Waals surface area contributed by atoms with E-state index >= 15 is 0 Å². The summed E-state index contributed by atoms with van der Waals surface area (Å²) in [5.41, 5.74) is 7.94. The summed E-state index contributed by atoms with van der Waals surface area (Å²) in [6.07, 6.45) is 0. The van der Waals surface area contributed by atoms with Gasteiger partial charge in [-0.05, 0) is 25.1 Å². The molecule has 0 spiro atoms. The summed E-state index contributed by atoms with van der Waals surface area (Å²) in [5.74, 6) is 6.41. The van der Waals surface area contributed by atoms with Gasteiger partial charge in [0.15, 0.2) is 0 Å². The molecular formula is C15H16N4. The van der Waals surface area contributed by atoms with Gasteiger partial charge < -0.3 is 9.99 Å². The maximum absolute atomic E-state index is 5.45. The summed E-state index contributed by atoms with van der Waals surface area (Å²) in [6, 6.07) is 14.3. The molecule has 19 heavy (non-hydrogen) atoms. The monoisotopic (exact) mass is 252 g/mol. The first-order chi connectivity index (χ1) is 9.19. The van der Waals surface area contributed by atoms with E-state index in [-0.39, 0.29) is 0 Å². The van der Waals surface area contributed by atoms with Crippen molar-refractivity contribution in [1.29, 1.82) is 0 Å². The largest absolute Gasteiger partial charge is 0.327 e. The number of nitrogens with one attached hydrogen (secondary N) is 1. The molecule has 3 N–H and O–H groups in total. The van der Waals surface area contributed by atoms with E-state index in [4.69, 9.17) is 5.84 Å². The van der Waals surface area contributed by atoms with Crippen LogP contribution in [0.2, 0.25) is 0 Å². The van der Waals surface area contributed by atoms with E-state index < -0.39 is 0 Å². The van der Waals surface area contributed by atoms with Crippen molar-refractivity contribution in [1.82, 2.24) is 9.55 Å². The molecule has 0 aliphatic rings. The van der Waals surface area contributed by atoms with Gasteiger partial charge in [-0.2, -0.15) is 0 Å². The maximum Gasteiger partial charge on any atom is 0.140 e. The number of hydrogen-bond donors (Lipinski definition) is 2. The summed E-state index contributed by atoms with van der Waals surface area (Å²) in [4.78, 5) is 4.68. The standard InChI is InChI=1S/C15H16N4/c1-10-3-5-11(6-4-10)15-17-13-8-7-12(18-16)9-14(13)19(15)2/h3-9,18H,16H2,1-2H3. The van der Waals surface area contributed by atoms with Gasteiger partial charge in [0.25, 0.3) is 0 Å². The molecule has 3 rings (SSSR count). The number of imidazole rings is 1. The van der Waals surface area contributed by atoms with Crippen molar-refractivity contribution in [3.8, 4) is 11.4 Å². The summed E-state index contributed by atoms with van der Waals surface area (Å²) >= 11 is 0. The molecule has 4 heteroatoms. The molecule has 0 saturated carbocycles. The molecule has 0 amide bonds. The zero-order chi connectivity index (χ0) is 13.4. The van der Waals surface area contributed by atoms with E-state index in [0.29, 0.717) is 0 Å². The van der Waals surface area contributed by atoms with Crippen LogP contribution in [0.25, 0.3) is 22.4 Å². The molecule has 0 atom stereocenters. The van der Waals surface area contributed by atoms with Gasteiger partial charge >= 0.3 is 0 Å². The third-order valence-corrected chi connectivity index (χ3v) is 3.36. The number of nitrogens with zero attached hydrogens (tertiary/aromatic N) is 2. The first kappa shape index (κ1) is 11.7. The van der Waals surface area contributed by atoms with Crippen LogP contribution in [-0.4, -0.2) is 9.55 Å². The molecule has 1 aromatic heterocycles. The van der Waals surface area contributed by atoms with E-state index in [2.05, 4.69) is 46.2 Å². The van der Waals surface area contributed by atoms with E-state index in [1.54, 1.807) is 0 Å². The van der Waals surface area contributed by atoms with E-state index in [1.807, 2.05) is 25.2 Å². The van der Waals surface area contributed by atoms with Crippen molar-refractivity contribution >= 4 is 16.7 Å². The second kappa shape index (κ2) is 4.40. The quantitative estimate of drug-likeness (QED) is 0.544. The fourth-order valence-corrected chi connectivity index (χ4v) is 2.24. The Morgan fingerprint density at radius 3 is 2.53 bits per heavy atom. The number of aryl methyl sites for hydroxylation is 2. The summed E-state index contributed by atoms with van der Waals surface area (Å²) in [6.45, 7) is 2.08. The van der Waals surface area contributed by atoms with Crippen molar-refractivity contribution in [3.63, 3.8) is 0 Å². The first-order valence-electron chi connectivity index (χ1n) is 6.19. The normalized spacial score (nSPS) is 10.9. The number of fused-ring (bicyclic) bond motifs is 1. The van der Waals surface area contributed by atoms with Crippen LogP contribution in [0.3, 0.4) is 0 Å². The topological polar surface area (TPSA) is 55.9 Å². The average Bonchev–Trinajstić information content (AvgIpc) is 2.76. The highest BCUT2D eigenvalue weighted by molar-refractivity contribution is 5.83. The zero-order valence-electron chi connectivity index (χ0n) is 11.0. The predicted octanol–water partition coefficient (Wildman–Crippen LogP) is 2.83. The van der Waals surface area contributed by atoms with Gasteiger partial charge in [0.05, 0.1) is 16.7 Å². The van der Waals surface area contributed by atoms with Gasteiger partial charge in [0.1, 0.15) is 5.82 Å². The molecule has 0 saturated heterocycles. The fraction of sp³-hybridized carbons (Fsp3) is 0.133. The number of rotatable bonds is 2. The average molecular weight is 252 g/mol. The van der Waals surface area contributed by atoms with Crippen molar-refractivity contribution in [2.24, 2.45) is 12.9 Å². The highest BCUT2D eigenvalue weighted by Gasteiger charge is 2.09.